The Labute approximate surface area is 163 Å². The number of piperazine rings is 1. The van der Waals surface area contributed by atoms with Crippen LogP contribution in [0, 0.1) is 0 Å². The molecule has 1 saturated heterocycles. The normalized spacial score (nSPS) is 15.0. The summed E-state index contributed by atoms with van der Waals surface area (Å²) in [6, 6.07) is 9.68. The highest BCUT2D eigenvalue weighted by Gasteiger charge is 2.22. The van der Waals surface area contributed by atoms with E-state index in [0.717, 1.165) is 31.0 Å². The zero-order valence-corrected chi connectivity index (χ0v) is 15.9. The quantitative estimate of drug-likeness (QED) is 0.694. The van der Waals surface area contributed by atoms with E-state index in [1.54, 1.807) is 0 Å². The summed E-state index contributed by atoms with van der Waals surface area (Å²) >= 11 is 0. The Morgan fingerprint density at radius 3 is 2.68 bits per heavy atom. The summed E-state index contributed by atoms with van der Waals surface area (Å²) in [4.78, 5) is 25.4. The highest BCUT2D eigenvalue weighted by Crippen LogP contribution is 2.13. The van der Waals surface area contributed by atoms with Gasteiger partial charge in [-0.25, -0.2) is 14.8 Å². The average Bonchev–Trinajstić information content (AvgIpc) is 3.37. The first-order chi connectivity index (χ1) is 13.7. The number of hydrogen-bond donors (Lipinski definition) is 2. The summed E-state index contributed by atoms with van der Waals surface area (Å²) < 4.78 is 2.03. The van der Waals surface area contributed by atoms with Gasteiger partial charge >= 0.3 is 6.03 Å². The number of nitrogens with one attached hydrogen (secondary N) is 2. The second-order valence-corrected chi connectivity index (χ2v) is 6.85. The maximum atomic E-state index is 12.4. The molecule has 4 rings (SSSR count). The van der Waals surface area contributed by atoms with Crippen LogP contribution >= 0.6 is 0 Å². The zero-order chi connectivity index (χ0) is 19.3. The number of aromatic nitrogens is 5. The van der Waals surface area contributed by atoms with E-state index in [1.807, 2.05) is 59.2 Å². The van der Waals surface area contributed by atoms with E-state index in [4.69, 9.17) is 0 Å². The predicted octanol–water partition coefficient (Wildman–Crippen LogP) is 1.23. The zero-order valence-electron chi connectivity index (χ0n) is 15.9. The molecule has 146 valence electrons. The average molecular weight is 380 g/mol. The molecule has 1 fully saturated rings. The molecule has 1 aromatic carbocycles. The molecule has 9 heteroatoms. The lowest BCUT2D eigenvalue weighted by molar-refractivity contribution is 0.132. The maximum absolute atomic E-state index is 12.4. The Morgan fingerprint density at radius 2 is 1.96 bits per heavy atom. The molecule has 0 atom stereocenters. The number of amides is 2. The molecule has 2 N–H and O–H groups in total. The standard InChI is InChI=1S/C19H24N8O/c1-25-8-7-20-17(25)14-26-9-11-27(12-10-26)19(28)21-13-16-22-18(24-23-16)15-5-3-2-4-6-15/h2-8H,9-14H2,1H3,(H,21,28)(H,22,23,24). The van der Waals surface area contributed by atoms with E-state index in [1.165, 1.54) is 0 Å². The number of rotatable bonds is 5. The van der Waals surface area contributed by atoms with Gasteiger partial charge in [-0.3, -0.25) is 10.00 Å². The van der Waals surface area contributed by atoms with Gasteiger partial charge in [0.05, 0.1) is 13.1 Å². The molecule has 0 unspecified atom stereocenters. The van der Waals surface area contributed by atoms with Crippen molar-refractivity contribution in [3.63, 3.8) is 0 Å². The number of imidazole rings is 1. The number of aromatic amines is 1. The number of hydrogen-bond acceptors (Lipinski definition) is 5. The first kappa shape index (κ1) is 18.2. The van der Waals surface area contributed by atoms with Gasteiger partial charge in [0, 0.05) is 51.2 Å². The van der Waals surface area contributed by atoms with Gasteiger partial charge in [0.2, 0.25) is 0 Å². The molecular weight excluding hydrogens is 356 g/mol. The highest BCUT2D eigenvalue weighted by molar-refractivity contribution is 5.74. The van der Waals surface area contributed by atoms with Crippen molar-refractivity contribution < 1.29 is 4.79 Å². The van der Waals surface area contributed by atoms with Gasteiger partial charge in [0.25, 0.3) is 0 Å². The van der Waals surface area contributed by atoms with Crippen LogP contribution in [0.15, 0.2) is 42.7 Å². The van der Waals surface area contributed by atoms with Crippen molar-refractivity contribution in [1.82, 2.24) is 39.8 Å². The molecule has 3 aromatic rings. The smallest absolute Gasteiger partial charge is 0.317 e. The van der Waals surface area contributed by atoms with E-state index < -0.39 is 0 Å². The first-order valence-electron chi connectivity index (χ1n) is 9.37. The summed E-state index contributed by atoms with van der Waals surface area (Å²) in [5.41, 5.74) is 0.945. The Morgan fingerprint density at radius 1 is 1.18 bits per heavy atom. The van der Waals surface area contributed by atoms with Crippen molar-refractivity contribution >= 4 is 6.03 Å². The summed E-state index contributed by atoms with van der Waals surface area (Å²) in [5.74, 6) is 2.31. The number of urea groups is 1. The SMILES string of the molecule is Cn1ccnc1CN1CCN(C(=O)NCc2nc(-c3ccccc3)n[nH]2)CC1. The van der Waals surface area contributed by atoms with Gasteiger partial charge in [-0.05, 0) is 0 Å². The largest absolute Gasteiger partial charge is 0.337 e. The summed E-state index contributed by atoms with van der Waals surface area (Å²) in [6.07, 6.45) is 3.76. The summed E-state index contributed by atoms with van der Waals surface area (Å²) in [7, 11) is 2.00. The monoisotopic (exact) mass is 380 g/mol. The van der Waals surface area contributed by atoms with E-state index >= 15 is 0 Å². The molecule has 0 spiro atoms. The first-order valence-corrected chi connectivity index (χ1v) is 9.37. The minimum atomic E-state index is -0.0747. The van der Waals surface area contributed by atoms with Crippen LogP contribution in [0.4, 0.5) is 4.79 Å². The van der Waals surface area contributed by atoms with Crippen LogP contribution in [0.1, 0.15) is 11.6 Å². The fourth-order valence-electron chi connectivity index (χ4n) is 3.22. The molecule has 0 bridgehead atoms. The fourth-order valence-corrected chi connectivity index (χ4v) is 3.22. The number of H-pyrrole nitrogens is 1. The van der Waals surface area contributed by atoms with Gasteiger partial charge in [-0.2, -0.15) is 5.10 Å². The molecule has 28 heavy (non-hydrogen) atoms. The van der Waals surface area contributed by atoms with E-state index in [-0.39, 0.29) is 6.03 Å². The maximum Gasteiger partial charge on any atom is 0.317 e. The molecular formula is C19H24N8O. The lowest BCUT2D eigenvalue weighted by Gasteiger charge is -2.34. The number of carbonyl (C=O) groups excluding carboxylic acids is 1. The van der Waals surface area contributed by atoms with Crippen LogP contribution < -0.4 is 5.32 Å². The molecule has 9 nitrogen and oxygen atoms in total. The second-order valence-electron chi connectivity index (χ2n) is 6.85. The molecule has 1 aliphatic heterocycles. The lowest BCUT2D eigenvalue weighted by atomic mass is 10.2. The fraction of sp³-hybridized carbons (Fsp3) is 0.368. The topological polar surface area (TPSA) is 95.0 Å². The van der Waals surface area contributed by atoms with Crippen LogP contribution in [0.3, 0.4) is 0 Å². The minimum absolute atomic E-state index is 0.0747. The van der Waals surface area contributed by atoms with Crippen molar-refractivity contribution in [2.45, 2.75) is 13.1 Å². The van der Waals surface area contributed by atoms with Crippen LogP contribution in [-0.4, -0.2) is 66.7 Å². The van der Waals surface area contributed by atoms with Crippen molar-refractivity contribution in [3.8, 4) is 11.4 Å². The number of benzene rings is 1. The molecule has 0 saturated carbocycles. The Bertz CT molecular complexity index is 911. The van der Waals surface area contributed by atoms with Crippen LogP contribution in [0.5, 0.6) is 0 Å². The highest BCUT2D eigenvalue weighted by atomic mass is 16.2. The number of nitrogens with zero attached hydrogens (tertiary/aromatic N) is 6. The van der Waals surface area contributed by atoms with E-state index in [0.29, 0.717) is 31.3 Å². The van der Waals surface area contributed by atoms with Crippen molar-refractivity contribution in [2.75, 3.05) is 26.2 Å². The van der Waals surface area contributed by atoms with Crippen LogP contribution in [0.2, 0.25) is 0 Å². The van der Waals surface area contributed by atoms with Gasteiger partial charge in [0.1, 0.15) is 11.6 Å². The molecule has 0 radical (unpaired) electrons. The summed E-state index contributed by atoms with van der Waals surface area (Å²) in [5, 5.41) is 10.0. The van der Waals surface area contributed by atoms with Crippen LogP contribution in [-0.2, 0) is 20.1 Å². The molecule has 0 aliphatic carbocycles. The lowest BCUT2D eigenvalue weighted by Crippen LogP contribution is -2.51. The van der Waals surface area contributed by atoms with Gasteiger partial charge < -0.3 is 14.8 Å². The van der Waals surface area contributed by atoms with Gasteiger partial charge in [-0.15, -0.1) is 0 Å². The van der Waals surface area contributed by atoms with E-state index in [9.17, 15) is 4.79 Å². The molecule has 2 aromatic heterocycles. The van der Waals surface area contributed by atoms with Gasteiger partial charge in [-0.1, -0.05) is 30.3 Å². The number of carbonyl (C=O) groups is 1. The molecule has 1 aliphatic rings. The Kier molecular flexibility index (Phi) is 5.34. The third-order valence-corrected chi connectivity index (χ3v) is 4.92. The minimum Gasteiger partial charge on any atom is -0.337 e. The van der Waals surface area contributed by atoms with Gasteiger partial charge in [0.15, 0.2) is 5.82 Å². The Balaban J connectivity index is 1.24. The van der Waals surface area contributed by atoms with Crippen molar-refractivity contribution in [1.29, 1.82) is 0 Å². The van der Waals surface area contributed by atoms with Crippen molar-refractivity contribution in [3.05, 3.63) is 54.4 Å². The molecule has 2 amide bonds. The Hall–Kier alpha value is -3.20. The van der Waals surface area contributed by atoms with Crippen LogP contribution in [0.25, 0.3) is 11.4 Å². The second kappa shape index (κ2) is 8.22. The number of aryl methyl sites for hydroxylation is 1. The molecule has 3 heterocycles. The summed E-state index contributed by atoms with van der Waals surface area (Å²) in [6.45, 7) is 4.19. The third kappa shape index (κ3) is 4.20. The van der Waals surface area contributed by atoms with Crippen molar-refractivity contribution in [2.24, 2.45) is 7.05 Å². The van der Waals surface area contributed by atoms with E-state index in [2.05, 4.69) is 30.4 Å². The predicted molar refractivity (Wildman–Crippen MR) is 104 cm³/mol. The third-order valence-electron chi connectivity index (χ3n) is 4.92.